The molecule has 105 valence electrons. The van der Waals surface area contributed by atoms with Crippen LogP contribution in [0.25, 0.3) is 0 Å². The predicted octanol–water partition coefficient (Wildman–Crippen LogP) is 3.28. The summed E-state index contributed by atoms with van der Waals surface area (Å²) < 4.78 is 0. The highest BCUT2D eigenvalue weighted by Crippen LogP contribution is 2.37. The quantitative estimate of drug-likeness (QED) is 0.784. The monoisotopic (exact) mass is 255 g/mol. The summed E-state index contributed by atoms with van der Waals surface area (Å²) >= 11 is 0. The standard InChI is InChI=1S/C14H27N2O2/c1-6-7-11-15-12(17)18-16-13(2,3)9-8-10-14(16,4)5/h8H,6-7,9-11H2,1-5H3,(H,15,17). The van der Waals surface area contributed by atoms with Gasteiger partial charge in [-0.15, -0.1) is 5.06 Å². The molecule has 1 fully saturated rings. The summed E-state index contributed by atoms with van der Waals surface area (Å²) in [7, 11) is 0. The zero-order valence-electron chi connectivity index (χ0n) is 12.4. The number of piperidine rings is 1. The Labute approximate surface area is 111 Å². The molecule has 0 spiro atoms. The van der Waals surface area contributed by atoms with Crippen LogP contribution in [0.3, 0.4) is 0 Å². The molecule has 4 nitrogen and oxygen atoms in total. The molecule has 0 bridgehead atoms. The van der Waals surface area contributed by atoms with Crippen molar-refractivity contribution >= 4 is 6.09 Å². The van der Waals surface area contributed by atoms with E-state index in [1.54, 1.807) is 0 Å². The Morgan fingerprint density at radius 1 is 1.28 bits per heavy atom. The maximum Gasteiger partial charge on any atom is 0.426 e. The molecule has 0 unspecified atom stereocenters. The van der Waals surface area contributed by atoms with Gasteiger partial charge in [0.05, 0.1) is 11.1 Å². The van der Waals surface area contributed by atoms with Gasteiger partial charge in [0, 0.05) is 6.54 Å². The van der Waals surface area contributed by atoms with Gasteiger partial charge in [0.15, 0.2) is 0 Å². The molecule has 0 saturated carbocycles. The second-order valence-corrected chi connectivity index (χ2v) is 6.28. The van der Waals surface area contributed by atoms with Gasteiger partial charge >= 0.3 is 6.09 Å². The maximum atomic E-state index is 11.8. The lowest BCUT2D eigenvalue weighted by Gasteiger charge is -2.49. The number of unbranched alkanes of at least 4 members (excludes halogenated alkanes) is 1. The van der Waals surface area contributed by atoms with Gasteiger partial charge in [0.1, 0.15) is 0 Å². The molecule has 1 radical (unpaired) electrons. The molecule has 0 aromatic rings. The number of nitrogens with one attached hydrogen (secondary N) is 1. The van der Waals surface area contributed by atoms with E-state index in [1.165, 1.54) is 0 Å². The largest absolute Gasteiger partial charge is 0.426 e. The minimum absolute atomic E-state index is 0.149. The number of nitrogens with zero attached hydrogens (tertiary/aromatic N) is 1. The van der Waals surface area contributed by atoms with Crippen molar-refractivity contribution in [2.24, 2.45) is 0 Å². The molecule has 1 saturated heterocycles. The summed E-state index contributed by atoms with van der Waals surface area (Å²) in [6.07, 6.45) is 5.84. The first kappa shape index (κ1) is 15.3. The lowest BCUT2D eigenvalue weighted by atomic mass is 9.82. The SMILES string of the molecule is CCCCNC(=O)ON1C(C)(C)C[CH]CC1(C)C. The van der Waals surface area contributed by atoms with E-state index in [1.807, 2.05) is 5.06 Å². The molecule has 1 N–H and O–H groups in total. The molecule has 0 aromatic heterocycles. The summed E-state index contributed by atoms with van der Waals surface area (Å²) in [6, 6.07) is 0. The Morgan fingerprint density at radius 2 is 1.83 bits per heavy atom. The van der Waals surface area contributed by atoms with E-state index in [0.717, 1.165) is 25.7 Å². The Bertz CT molecular complexity index is 272. The summed E-state index contributed by atoms with van der Waals surface area (Å²) in [5, 5.41) is 4.64. The molecule has 18 heavy (non-hydrogen) atoms. The number of carbonyl (C=O) groups excluding carboxylic acids is 1. The number of carbonyl (C=O) groups is 1. The number of hydrogen-bond donors (Lipinski definition) is 1. The second kappa shape index (κ2) is 5.91. The van der Waals surface area contributed by atoms with Crippen LogP contribution in [0.1, 0.15) is 60.3 Å². The normalized spacial score (nSPS) is 22.5. The second-order valence-electron chi connectivity index (χ2n) is 6.28. The first-order valence-electron chi connectivity index (χ1n) is 6.87. The summed E-state index contributed by atoms with van der Waals surface area (Å²) in [4.78, 5) is 17.3. The van der Waals surface area contributed by atoms with E-state index in [2.05, 4.69) is 46.4 Å². The van der Waals surface area contributed by atoms with Gasteiger partial charge in [-0.3, -0.25) is 0 Å². The lowest BCUT2D eigenvalue weighted by molar-refractivity contribution is -0.231. The summed E-state index contributed by atoms with van der Waals surface area (Å²) in [5.41, 5.74) is -0.298. The van der Waals surface area contributed by atoms with Crippen molar-refractivity contribution < 1.29 is 9.63 Å². The molecule has 4 heteroatoms. The van der Waals surface area contributed by atoms with E-state index in [-0.39, 0.29) is 17.2 Å². The zero-order valence-corrected chi connectivity index (χ0v) is 12.4. The molecule has 0 atom stereocenters. The van der Waals surface area contributed by atoms with Crippen LogP contribution in [0.4, 0.5) is 4.79 Å². The van der Waals surface area contributed by atoms with Gasteiger partial charge in [0.2, 0.25) is 0 Å². The van der Waals surface area contributed by atoms with Crippen molar-refractivity contribution in [1.82, 2.24) is 10.4 Å². The first-order valence-corrected chi connectivity index (χ1v) is 6.87. The van der Waals surface area contributed by atoms with Gasteiger partial charge in [-0.05, 0) is 53.4 Å². The van der Waals surface area contributed by atoms with Crippen LogP contribution in [-0.4, -0.2) is 28.8 Å². The van der Waals surface area contributed by atoms with Crippen LogP contribution in [0.5, 0.6) is 0 Å². The van der Waals surface area contributed by atoms with Gasteiger partial charge < -0.3 is 10.2 Å². The number of hydroxylamine groups is 2. The molecule has 0 aromatic carbocycles. The van der Waals surface area contributed by atoms with Crippen LogP contribution in [0.2, 0.25) is 0 Å². The van der Waals surface area contributed by atoms with Crippen molar-refractivity contribution in [3.63, 3.8) is 0 Å². The van der Waals surface area contributed by atoms with Gasteiger partial charge in [-0.25, -0.2) is 4.79 Å². The van der Waals surface area contributed by atoms with E-state index in [0.29, 0.717) is 6.54 Å². The smallest absolute Gasteiger partial charge is 0.350 e. The molecular formula is C14H27N2O2. The van der Waals surface area contributed by atoms with Gasteiger partial charge in [-0.2, -0.15) is 0 Å². The highest BCUT2D eigenvalue weighted by molar-refractivity contribution is 5.66. The van der Waals surface area contributed by atoms with Crippen LogP contribution < -0.4 is 5.32 Å². The predicted molar refractivity (Wildman–Crippen MR) is 72.9 cm³/mol. The maximum absolute atomic E-state index is 11.8. The van der Waals surface area contributed by atoms with E-state index < -0.39 is 0 Å². The molecular weight excluding hydrogens is 228 g/mol. The fourth-order valence-corrected chi connectivity index (χ4v) is 2.49. The number of amides is 1. The highest BCUT2D eigenvalue weighted by Gasteiger charge is 2.44. The summed E-state index contributed by atoms with van der Waals surface area (Å²) in [6.45, 7) is 11.2. The van der Waals surface area contributed by atoms with E-state index in [4.69, 9.17) is 4.84 Å². The third-order valence-electron chi connectivity index (χ3n) is 3.36. The minimum Gasteiger partial charge on any atom is -0.350 e. The fourth-order valence-electron chi connectivity index (χ4n) is 2.49. The lowest BCUT2D eigenvalue weighted by Crippen LogP contribution is -2.59. The number of rotatable bonds is 4. The third kappa shape index (κ3) is 3.87. The Kier molecular flexibility index (Phi) is 5.02. The molecule has 1 rings (SSSR count). The van der Waals surface area contributed by atoms with Crippen LogP contribution in [0.15, 0.2) is 0 Å². The highest BCUT2D eigenvalue weighted by atomic mass is 16.7. The Morgan fingerprint density at radius 3 is 2.33 bits per heavy atom. The topological polar surface area (TPSA) is 41.6 Å². The molecule has 1 aliphatic rings. The van der Waals surface area contributed by atoms with Crippen molar-refractivity contribution in [1.29, 1.82) is 0 Å². The number of hydrogen-bond acceptors (Lipinski definition) is 3. The van der Waals surface area contributed by atoms with Gasteiger partial charge in [-0.1, -0.05) is 13.3 Å². The van der Waals surface area contributed by atoms with Crippen molar-refractivity contribution in [2.75, 3.05) is 6.54 Å². The first-order chi connectivity index (χ1) is 8.29. The van der Waals surface area contributed by atoms with Crippen molar-refractivity contribution in [2.45, 2.75) is 71.4 Å². The van der Waals surface area contributed by atoms with E-state index >= 15 is 0 Å². The minimum atomic E-state index is -0.341. The van der Waals surface area contributed by atoms with Crippen molar-refractivity contribution in [3.05, 3.63) is 6.42 Å². The molecule has 0 aliphatic carbocycles. The fraction of sp³-hybridized carbons (Fsp3) is 0.857. The van der Waals surface area contributed by atoms with Crippen LogP contribution in [0, 0.1) is 6.42 Å². The molecule has 1 heterocycles. The van der Waals surface area contributed by atoms with E-state index in [9.17, 15) is 4.79 Å². The Balaban J connectivity index is 2.58. The Hall–Kier alpha value is -0.770. The third-order valence-corrected chi connectivity index (χ3v) is 3.36. The zero-order chi connectivity index (χ0) is 13.8. The van der Waals surface area contributed by atoms with Crippen LogP contribution >= 0.6 is 0 Å². The molecule has 1 amide bonds. The van der Waals surface area contributed by atoms with Gasteiger partial charge in [0.25, 0.3) is 0 Å². The van der Waals surface area contributed by atoms with Crippen LogP contribution in [-0.2, 0) is 4.84 Å². The molecule has 1 aliphatic heterocycles. The average molecular weight is 255 g/mol. The summed E-state index contributed by atoms with van der Waals surface area (Å²) in [5.74, 6) is 0. The van der Waals surface area contributed by atoms with Crippen molar-refractivity contribution in [3.8, 4) is 0 Å². The average Bonchev–Trinajstić information content (AvgIpc) is 2.23.